The summed E-state index contributed by atoms with van der Waals surface area (Å²) < 4.78 is 41.4. The van der Waals surface area contributed by atoms with Crippen molar-refractivity contribution in [2.45, 2.75) is 45.6 Å². The largest absolute Gasteiger partial charge is 0.330 e. The number of nitrogens with one attached hydrogen (secondary N) is 1. The molecule has 0 radical (unpaired) electrons. The molecule has 4 rings (SSSR count). The third kappa shape index (κ3) is 4.06. The van der Waals surface area contributed by atoms with Crippen LogP contribution in [0.4, 0.5) is 10.1 Å². The Labute approximate surface area is 186 Å². The molecule has 1 atom stereocenters. The number of carbonyl (C=O) groups is 2. The summed E-state index contributed by atoms with van der Waals surface area (Å²) in [6.45, 7) is 4.11. The fourth-order valence-corrected chi connectivity index (χ4v) is 4.86. The number of piperidine rings is 1. The maximum atomic E-state index is 14.4. The van der Waals surface area contributed by atoms with Crippen LogP contribution in [0.3, 0.4) is 0 Å². The van der Waals surface area contributed by atoms with Crippen molar-refractivity contribution in [3.63, 3.8) is 0 Å². The van der Waals surface area contributed by atoms with E-state index in [0.717, 1.165) is 36.4 Å². The van der Waals surface area contributed by atoms with Crippen LogP contribution in [0.25, 0.3) is 0 Å². The number of halogens is 1. The van der Waals surface area contributed by atoms with Crippen LogP contribution in [0.5, 0.6) is 0 Å². The lowest BCUT2D eigenvalue weighted by atomic mass is 9.96. The second kappa shape index (κ2) is 8.16. The summed E-state index contributed by atoms with van der Waals surface area (Å²) in [4.78, 5) is 27.7. The van der Waals surface area contributed by atoms with Crippen LogP contribution in [-0.2, 0) is 16.4 Å². The zero-order valence-corrected chi connectivity index (χ0v) is 19.0. The van der Waals surface area contributed by atoms with E-state index in [1.54, 1.807) is 11.8 Å². The maximum Gasteiger partial charge on any atom is 0.274 e. The molecule has 10 heteroatoms. The van der Waals surface area contributed by atoms with Crippen molar-refractivity contribution in [2.75, 3.05) is 17.5 Å². The van der Waals surface area contributed by atoms with Crippen molar-refractivity contribution in [3.8, 4) is 0 Å². The maximum absolute atomic E-state index is 14.4. The van der Waals surface area contributed by atoms with Gasteiger partial charge in [0.25, 0.3) is 11.8 Å². The minimum Gasteiger partial charge on any atom is -0.330 e. The van der Waals surface area contributed by atoms with E-state index in [1.165, 1.54) is 16.8 Å². The first-order chi connectivity index (χ1) is 15.1. The lowest BCUT2D eigenvalue weighted by molar-refractivity contribution is 0.0606. The Bertz CT molecular complexity index is 1250. The average Bonchev–Trinajstić information content (AvgIpc) is 3.16. The molecule has 170 valence electrons. The number of carbonyl (C=O) groups excluding carboxylic acids is 2. The molecule has 0 aliphatic carbocycles. The van der Waals surface area contributed by atoms with Crippen LogP contribution < -0.4 is 4.72 Å². The number of rotatable bonds is 4. The first-order valence-electron chi connectivity index (χ1n) is 10.4. The summed E-state index contributed by atoms with van der Waals surface area (Å²) in [5.74, 6) is -1.48. The molecule has 2 aromatic rings. The summed E-state index contributed by atoms with van der Waals surface area (Å²) in [5, 5.41) is 4.52. The molecule has 0 unspecified atom stereocenters. The van der Waals surface area contributed by atoms with Crippen LogP contribution in [0.15, 0.2) is 35.4 Å². The summed E-state index contributed by atoms with van der Waals surface area (Å²) in [7, 11) is -3.79. The van der Waals surface area contributed by atoms with E-state index in [9.17, 15) is 22.4 Å². The molecule has 1 N–H and O–H groups in total. The van der Waals surface area contributed by atoms with E-state index in [2.05, 4.69) is 9.82 Å². The van der Waals surface area contributed by atoms with E-state index in [0.29, 0.717) is 30.7 Å². The number of hydrogen-bond acceptors (Lipinski definition) is 5. The Hall–Kier alpha value is -3.01. The molecule has 32 heavy (non-hydrogen) atoms. The molecule has 1 aromatic carbocycles. The Balaban J connectivity index is 1.70. The van der Waals surface area contributed by atoms with Gasteiger partial charge in [0.05, 0.1) is 34.9 Å². The summed E-state index contributed by atoms with van der Waals surface area (Å²) in [6.07, 6.45) is 3.79. The van der Waals surface area contributed by atoms with Gasteiger partial charge in [-0.2, -0.15) is 5.10 Å². The van der Waals surface area contributed by atoms with Gasteiger partial charge in [-0.3, -0.25) is 14.3 Å². The van der Waals surface area contributed by atoms with Gasteiger partial charge in [-0.15, -0.1) is 0 Å². The number of hydrogen-bond donors (Lipinski definition) is 1. The van der Waals surface area contributed by atoms with Gasteiger partial charge in [0, 0.05) is 18.5 Å². The van der Waals surface area contributed by atoms with Gasteiger partial charge in [-0.25, -0.2) is 17.5 Å². The van der Waals surface area contributed by atoms with Gasteiger partial charge < -0.3 is 4.90 Å². The molecule has 0 bridgehead atoms. The lowest BCUT2D eigenvalue weighted by Crippen LogP contribution is -2.39. The van der Waals surface area contributed by atoms with Crippen molar-refractivity contribution in [2.24, 2.45) is 0 Å². The number of likely N-dealkylation sites (tertiary alicyclic amines) is 1. The lowest BCUT2D eigenvalue weighted by Gasteiger charge is -2.35. The molecule has 2 aliphatic rings. The van der Waals surface area contributed by atoms with Crippen molar-refractivity contribution >= 4 is 27.5 Å². The molecule has 1 fully saturated rings. The predicted octanol–water partition coefficient (Wildman–Crippen LogP) is 3.29. The van der Waals surface area contributed by atoms with E-state index in [1.807, 2.05) is 13.0 Å². The molecule has 1 saturated heterocycles. The molecular weight excluding hydrogens is 435 g/mol. The Morgan fingerprint density at radius 2 is 2.00 bits per heavy atom. The topological polar surface area (TPSA) is 101 Å². The number of anilines is 1. The average molecular weight is 461 g/mol. The second-order valence-electron chi connectivity index (χ2n) is 8.41. The van der Waals surface area contributed by atoms with Crippen LogP contribution in [-0.4, -0.2) is 47.7 Å². The minimum atomic E-state index is -3.79. The molecule has 0 spiro atoms. The van der Waals surface area contributed by atoms with Gasteiger partial charge in [-0.1, -0.05) is 11.6 Å². The number of nitrogens with zero attached hydrogens (tertiary/aromatic N) is 3. The van der Waals surface area contributed by atoms with Crippen molar-refractivity contribution in [1.29, 1.82) is 0 Å². The smallest absolute Gasteiger partial charge is 0.274 e. The van der Waals surface area contributed by atoms with Crippen LogP contribution >= 0.6 is 0 Å². The van der Waals surface area contributed by atoms with Crippen LogP contribution in [0.2, 0.25) is 0 Å². The first kappa shape index (κ1) is 22.2. The summed E-state index contributed by atoms with van der Waals surface area (Å²) in [5.41, 5.74) is 2.62. The van der Waals surface area contributed by atoms with Crippen molar-refractivity contribution in [3.05, 3.63) is 58.2 Å². The SMILES string of the molecule is CC1=C(C)C(=O)n2nc([C@@H]3CCCCN3C(=O)c3cccc(F)c3NS(C)(=O)=O)cc2C1. The minimum absolute atomic E-state index is 0.0595. The molecule has 3 heterocycles. The number of allylic oxidation sites excluding steroid dienone is 2. The fourth-order valence-electron chi connectivity index (χ4n) is 4.28. The van der Waals surface area contributed by atoms with Crippen LogP contribution in [0, 0.1) is 5.82 Å². The number of para-hydroxylation sites is 1. The number of sulfonamides is 1. The summed E-state index contributed by atoms with van der Waals surface area (Å²) >= 11 is 0. The van der Waals surface area contributed by atoms with Gasteiger partial charge in [0.1, 0.15) is 5.82 Å². The van der Waals surface area contributed by atoms with Crippen LogP contribution in [0.1, 0.15) is 65.7 Å². The Morgan fingerprint density at radius 3 is 2.72 bits per heavy atom. The number of fused-ring (bicyclic) bond motifs is 1. The summed E-state index contributed by atoms with van der Waals surface area (Å²) in [6, 6.07) is 5.34. The first-order valence-corrected chi connectivity index (χ1v) is 12.3. The third-order valence-electron chi connectivity index (χ3n) is 6.04. The van der Waals surface area contributed by atoms with Gasteiger partial charge in [0.2, 0.25) is 10.0 Å². The molecule has 0 saturated carbocycles. The van der Waals surface area contributed by atoms with Crippen molar-refractivity contribution in [1.82, 2.24) is 14.7 Å². The number of benzene rings is 1. The molecule has 2 aliphatic heterocycles. The zero-order valence-electron chi connectivity index (χ0n) is 18.2. The van der Waals surface area contributed by atoms with E-state index >= 15 is 0 Å². The Kier molecular flexibility index (Phi) is 5.66. The van der Waals surface area contributed by atoms with Crippen molar-refractivity contribution < 1.29 is 22.4 Å². The highest BCUT2D eigenvalue weighted by atomic mass is 32.2. The zero-order chi connectivity index (χ0) is 23.2. The highest BCUT2D eigenvalue weighted by Crippen LogP contribution is 2.35. The number of aromatic nitrogens is 2. The molecular formula is C22H25FN4O4S. The van der Waals surface area contributed by atoms with E-state index in [-0.39, 0.29) is 17.2 Å². The second-order valence-corrected chi connectivity index (χ2v) is 10.2. The molecule has 1 amide bonds. The predicted molar refractivity (Wildman–Crippen MR) is 117 cm³/mol. The van der Waals surface area contributed by atoms with Gasteiger partial charge in [0.15, 0.2) is 0 Å². The van der Waals surface area contributed by atoms with Gasteiger partial charge in [-0.05, 0) is 51.3 Å². The fraction of sp³-hybridized carbons (Fsp3) is 0.409. The van der Waals surface area contributed by atoms with Gasteiger partial charge >= 0.3 is 0 Å². The standard InChI is InChI=1S/C22H25FN4O4S/c1-13-11-15-12-18(24-27(15)21(28)14(13)2)19-9-4-5-10-26(19)22(29)16-7-6-8-17(23)20(16)25-32(3,30)31/h6-8,12,19,25H,4-5,9-11H2,1-3H3/t19-/m0/s1. The number of amides is 1. The third-order valence-corrected chi connectivity index (χ3v) is 6.61. The quantitative estimate of drug-likeness (QED) is 0.755. The van der Waals surface area contributed by atoms with E-state index < -0.39 is 27.8 Å². The Morgan fingerprint density at radius 1 is 1.25 bits per heavy atom. The highest BCUT2D eigenvalue weighted by Gasteiger charge is 2.34. The normalized spacial score (nSPS) is 19.2. The highest BCUT2D eigenvalue weighted by molar-refractivity contribution is 7.92. The van der Waals surface area contributed by atoms with E-state index in [4.69, 9.17) is 0 Å². The monoisotopic (exact) mass is 460 g/mol. The molecule has 1 aromatic heterocycles. The molecule has 8 nitrogen and oxygen atoms in total.